The third-order valence-corrected chi connectivity index (χ3v) is 6.93. The van der Waals surface area contributed by atoms with Gasteiger partial charge in [-0.3, -0.25) is 4.79 Å². The van der Waals surface area contributed by atoms with Crippen LogP contribution in [-0.4, -0.2) is 38.6 Å². The van der Waals surface area contributed by atoms with Crippen LogP contribution in [0.1, 0.15) is 24.3 Å². The normalized spacial score (nSPS) is 16.2. The molecule has 5 rings (SSSR count). The van der Waals surface area contributed by atoms with Crippen molar-refractivity contribution >= 4 is 48.7 Å². The maximum atomic E-state index is 12.9. The molecule has 1 saturated heterocycles. The Balaban J connectivity index is 1.42. The summed E-state index contributed by atoms with van der Waals surface area (Å²) in [4.78, 5) is 28.5. The van der Waals surface area contributed by atoms with Gasteiger partial charge in [0.15, 0.2) is 10.8 Å². The molecular weight excluding hydrogens is 480 g/mol. The molecule has 1 aliphatic heterocycles. The highest BCUT2D eigenvalue weighted by Gasteiger charge is 2.33. The summed E-state index contributed by atoms with van der Waals surface area (Å²) >= 11 is 5.05. The van der Waals surface area contributed by atoms with E-state index < -0.39 is 0 Å². The minimum Gasteiger partial charge on any atom is -0.350 e. The third kappa shape index (κ3) is 3.92. The van der Waals surface area contributed by atoms with Gasteiger partial charge < -0.3 is 14.7 Å². The lowest BCUT2D eigenvalue weighted by Gasteiger charge is -2.23. The second kappa shape index (κ2) is 8.35. The van der Waals surface area contributed by atoms with Crippen LogP contribution in [0.4, 0.5) is 5.13 Å². The predicted octanol–water partition coefficient (Wildman–Crippen LogP) is 4.10. The maximum Gasteiger partial charge on any atom is 0.243 e. The topological polar surface area (TPSA) is 97.0 Å². The average Bonchev–Trinajstić information content (AvgIpc) is 3.51. The first-order chi connectivity index (χ1) is 15.1. The average molecular weight is 499 g/mol. The molecule has 0 spiro atoms. The van der Waals surface area contributed by atoms with Crippen molar-refractivity contribution in [3.8, 4) is 11.4 Å². The van der Waals surface area contributed by atoms with Gasteiger partial charge in [0, 0.05) is 30.7 Å². The maximum absolute atomic E-state index is 12.9. The Hall–Kier alpha value is -2.85. The quantitative estimate of drug-likeness (QED) is 0.442. The van der Waals surface area contributed by atoms with Crippen LogP contribution in [-0.2, 0) is 11.3 Å². The second-order valence-corrected chi connectivity index (χ2v) is 9.15. The molecule has 3 aromatic heterocycles. The van der Waals surface area contributed by atoms with Gasteiger partial charge in [-0.15, -0.1) is 0 Å². The predicted molar refractivity (Wildman–Crippen MR) is 122 cm³/mol. The van der Waals surface area contributed by atoms with Crippen molar-refractivity contribution in [3.63, 3.8) is 0 Å². The SMILES string of the molecule is Cc1nc(-c2c(Br)cnc3nc(N4CCC[C@@H]4C(=O)NCc4ccccc4)sc23)no1. The van der Waals surface area contributed by atoms with Crippen LogP contribution in [0.2, 0.25) is 0 Å². The van der Waals surface area contributed by atoms with Gasteiger partial charge in [0.05, 0.1) is 10.3 Å². The van der Waals surface area contributed by atoms with E-state index in [0.717, 1.165) is 44.8 Å². The number of benzene rings is 1. The van der Waals surface area contributed by atoms with Crippen LogP contribution in [0, 0.1) is 6.92 Å². The highest BCUT2D eigenvalue weighted by atomic mass is 79.9. The highest BCUT2D eigenvalue weighted by molar-refractivity contribution is 9.10. The number of nitrogens with zero attached hydrogens (tertiary/aromatic N) is 5. The van der Waals surface area contributed by atoms with Gasteiger partial charge in [-0.2, -0.15) is 9.97 Å². The lowest BCUT2D eigenvalue weighted by atomic mass is 10.2. The number of carbonyl (C=O) groups is 1. The van der Waals surface area contributed by atoms with Gasteiger partial charge in [0.1, 0.15) is 6.04 Å². The first kappa shape index (κ1) is 20.1. The fraction of sp³-hybridized carbons (Fsp3) is 0.286. The molecule has 1 N–H and O–H groups in total. The van der Waals surface area contributed by atoms with Crippen LogP contribution in [0.15, 0.2) is 45.5 Å². The number of nitrogens with one attached hydrogen (secondary N) is 1. The van der Waals surface area contributed by atoms with E-state index >= 15 is 0 Å². The van der Waals surface area contributed by atoms with Crippen LogP contribution >= 0.6 is 27.3 Å². The molecule has 4 heterocycles. The number of hydrogen-bond acceptors (Lipinski definition) is 8. The molecule has 1 fully saturated rings. The monoisotopic (exact) mass is 498 g/mol. The Bertz CT molecular complexity index is 1240. The Kier molecular flexibility index (Phi) is 5.41. The fourth-order valence-electron chi connectivity index (χ4n) is 3.75. The lowest BCUT2D eigenvalue weighted by molar-refractivity contribution is -0.122. The Labute approximate surface area is 190 Å². The molecule has 8 nitrogen and oxygen atoms in total. The van der Waals surface area contributed by atoms with Crippen LogP contribution in [0.5, 0.6) is 0 Å². The largest absolute Gasteiger partial charge is 0.350 e. The van der Waals surface area contributed by atoms with Crippen molar-refractivity contribution in [2.45, 2.75) is 32.4 Å². The molecule has 31 heavy (non-hydrogen) atoms. The number of aromatic nitrogens is 4. The van der Waals surface area contributed by atoms with Gasteiger partial charge in [0.2, 0.25) is 17.6 Å². The van der Waals surface area contributed by atoms with Gasteiger partial charge in [0.25, 0.3) is 0 Å². The molecule has 1 aliphatic rings. The molecule has 0 radical (unpaired) electrons. The highest BCUT2D eigenvalue weighted by Crippen LogP contribution is 2.40. The van der Waals surface area contributed by atoms with Crippen LogP contribution in [0.3, 0.4) is 0 Å². The molecule has 10 heteroatoms. The van der Waals surface area contributed by atoms with E-state index in [9.17, 15) is 4.79 Å². The summed E-state index contributed by atoms with van der Waals surface area (Å²) in [5, 5.41) is 7.90. The minimum atomic E-state index is -0.247. The number of rotatable bonds is 5. The zero-order valence-corrected chi connectivity index (χ0v) is 19.1. The van der Waals surface area contributed by atoms with Gasteiger partial charge >= 0.3 is 0 Å². The number of halogens is 1. The van der Waals surface area contributed by atoms with Crippen molar-refractivity contribution in [3.05, 3.63) is 52.5 Å². The smallest absolute Gasteiger partial charge is 0.243 e. The number of anilines is 1. The number of amides is 1. The number of aryl methyl sites for hydroxylation is 1. The molecule has 0 aliphatic carbocycles. The summed E-state index contributed by atoms with van der Waals surface area (Å²) in [5.74, 6) is 1.00. The Morgan fingerprint density at radius 2 is 2.16 bits per heavy atom. The summed E-state index contributed by atoms with van der Waals surface area (Å²) in [6.45, 7) is 3.05. The number of fused-ring (bicyclic) bond motifs is 1. The van der Waals surface area contributed by atoms with Gasteiger partial charge in [-0.25, -0.2) is 4.98 Å². The van der Waals surface area contributed by atoms with Crippen molar-refractivity contribution in [2.75, 3.05) is 11.4 Å². The Morgan fingerprint density at radius 3 is 2.94 bits per heavy atom. The molecular formula is C21H19BrN6O2S. The van der Waals surface area contributed by atoms with E-state index in [1.165, 1.54) is 11.3 Å². The molecule has 1 atom stereocenters. The number of carbonyl (C=O) groups excluding carboxylic acids is 1. The third-order valence-electron chi connectivity index (χ3n) is 5.23. The first-order valence-corrected chi connectivity index (χ1v) is 11.5. The minimum absolute atomic E-state index is 0.0174. The molecule has 1 aromatic carbocycles. The summed E-state index contributed by atoms with van der Waals surface area (Å²) in [6, 6.07) is 9.67. The molecule has 158 valence electrons. The zero-order chi connectivity index (χ0) is 21.4. The fourth-order valence-corrected chi connectivity index (χ4v) is 5.50. The van der Waals surface area contributed by atoms with Crippen molar-refractivity contribution in [1.82, 2.24) is 25.4 Å². The first-order valence-electron chi connectivity index (χ1n) is 9.94. The van der Waals surface area contributed by atoms with E-state index in [0.29, 0.717) is 23.9 Å². The molecule has 4 aromatic rings. The Morgan fingerprint density at radius 1 is 1.32 bits per heavy atom. The van der Waals surface area contributed by atoms with Crippen molar-refractivity contribution < 1.29 is 9.32 Å². The summed E-state index contributed by atoms with van der Waals surface area (Å²) in [5.41, 5.74) is 2.49. The van der Waals surface area contributed by atoms with E-state index in [-0.39, 0.29) is 11.9 Å². The molecule has 1 amide bonds. The zero-order valence-electron chi connectivity index (χ0n) is 16.7. The van der Waals surface area contributed by atoms with Crippen LogP contribution in [0.25, 0.3) is 21.7 Å². The summed E-state index contributed by atoms with van der Waals surface area (Å²) < 4.78 is 6.79. The lowest BCUT2D eigenvalue weighted by Crippen LogP contribution is -2.43. The number of hydrogen-bond donors (Lipinski definition) is 1. The van der Waals surface area contributed by atoms with Crippen molar-refractivity contribution in [1.29, 1.82) is 0 Å². The second-order valence-electron chi connectivity index (χ2n) is 7.32. The molecule has 0 saturated carbocycles. The summed E-state index contributed by atoms with van der Waals surface area (Å²) in [7, 11) is 0. The summed E-state index contributed by atoms with van der Waals surface area (Å²) in [6.07, 6.45) is 3.43. The van der Waals surface area contributed by atoms with Gasteiger partial charge in [-0.05, 0) is 34.3 Å². The van der Waals surface area contributed by atoms with E-state index in [1.54, 1.807) is 13.1 Å². The number of thiazole rings is 1. The molecule has 0 unspecified atom stereocenters. The van der Waals surface area contributed by atoms with E-state index in [2.05, 4.69) is 41.3 Å². The van der Waals surface area contributed by atoms with E-state index in [1.807, 2.05) is 30.3 Å². The van der Waals surface area contributed by atoms with Gasteiger partial charge in [-0.1, -0.05) is 46.8 Å². The van der Waals surface area contributed by atoms with Crippen LogP contribution < -0.4 is 10.2 Å². The standard InChI is InChI=1S/C21H19BrN6O2S/c1-12-25-18(27-30-12)16-14(22)11-23-19-17(16)31-21(26-19)28-9-5-8-15(28)20(29)24-10-13-6-3-2-4-7-13/h2-4,6-7,11,15H,5,8-10H2,1H3,(H,24,29)/t15-/m1/s1. The van der Waals surface area contributed by atoms with Crippen molar-refractivity contribution in [2.24, 2.45) is 0 Å². The van der Waals surface area contributed by atoms with E-state index in [4.69, 9.17) is 9.51 Å². The number of pyridine rings is 1. The molecule has 0 bridgehead atoms.